The number of nitrogens with two attached hydrogens (primary N) is 1. The van der Waals surface area contributed by atoms with Gasteiger partial charge in [-0.1, -0.05) is 18.2 Å². The maximum Gasteiger partial charge on any atom is 0.160 e. The Morgan fingerprint density at radius 2 is 1.67 bits per heavy atom. The Bertz CT molecular complexity index is 529. The molecule has 0 spiro atoms. The summed E-state index contributed by atoms with van der Waals surface area (Å²) in [5.41, 5.74) is 7.54. The number of benzene rings is 2. The van der Waals surface area contributed by atoms with E-state index in [1.54, 1.807) is 6.07 Å². The van der Waals surface area contributed by atoms with E-state index >= 15 is 0 Å². The topological polar surface area (TPSA) is 52.3 Å². The normalized spacial score (nSPS) is 12.2. The Morgan fingerprint density at radius 3 is 2.22 bits per heavy atom. The Hall–Kier alpha value is -1.65. The maximum atomic E-state index is 12.3. The van der Waals surface area contributed by atoms with Gasteiger partial charge in [0.05, 0.1) is 11.4 Å². The highest BCUT2D eigenvalue weighted by Crippen LogP contribution is 2.27. The van der Waals surface area contributed by atoms with Crippen LogP contribution in [0.2, 0.25) is 0 Å². The summed E-state index contributed by atoms with van der Waals surface area (Å²) in [6.45, 7) is 0. The number of nitrogens with zero attached hydrogens (tertiary/aromatic N) is 1. The lowest BCUT2D eigenvalue weighted by Gasteiger charge is -2.16. The Balaban J connectivity index is 2.32. The number of nitrogen functional groups attached to an aromatic ring is 1. The predicted molar refractivity (Wildman–Crippen MR) is 76.3 cm³/mol. The van der Waals surface area contributed by atoms with Gasteiger partial charge in [-0.2, -0.15) is 0 Å². The fraction of sp³-hybridized carbons (Fsp3) is 0.143. The molecule has 0 fully saturated rings. The van der Waals surface area contributed by atoms with E-state index in [-0.39, 0.29) is 0 Å². The molecule has 4 heteroatoms. The van der Waals surface area contributed by atoms with Gasteiger partial charge in [-0.3, -0.25) is 0 Å². The number of hydrogen-bond acceptors (Lipinski definition) is 3. The molecule has 0 saturated heterocycles. The van der Waals surface area contributed by atoms with Crippen LogP contribution in [-0.4, -0.2) is 18.6 Å². The average molecular weight is 260 g/mol. The van der Waals surface area contributed by atoms with Crippen LogP contribution >= 0.6 is 0 Å². The number of anilines is 2. The third-order valence-corrected chi connectivity index (χ3v) is 4.03. The Kier molecular flexibility index (Phi) is 3.79. The molecule has 0 radical (unpaired) electrons. The molecule has 1 atom stereocenters. The lowest BCUT2D eigenvalue weighted by atomic mass is 10.2. The molecule has 0 aliphatic heterocycles. The van der Waals surface area contributed by atoms with Crippen molar-refractivity contribution < 1.29 is 4.55 Å². The van der Waals surface area contributed by atoms with Crippen LogP contribution in [0.3, 0.4) is 0 Å². The van der Waals surface area contributed by atoms with E-state index in [4.69, 9.17) is 5.73 Å². The van der Waals surface area contributed by atoms with E-state index in [2.05, 4.69) is 0 Å². The van der Waals surface area contributed by atoms with Gasteiger partial charge >= 0.3 is 0 Å². The summed E-state index contributed by atoms with van der Waals surface area (Å²) in [7, 11) is 3.86. The molecule has 0 bridgehead atoms. The smallest absolute Gasteiger partial charge is 0.160 e. The Morgan fingerprint density at radius 1 is 1.00 bits per heavy atom. The minimum absolute atomic E-state index is 0.641. The highest BCUT2D eigenvalue weighted by Gasteiger charge is 2.15. The van der Waals surface area contributed by atoms with Gasteiger partial charge in [-0.25, -0.2) is 0 Å². The first-order valence-corrected chi connectivity index (χ1v) is 6.78. The van der Waals surface area contributed by atoms with Crippen molar-refractivity contribution in [2.24, 2.45) is 0 Å². The van der Waals surface area contributed by atoms with Crippen molar-refractivity contribution in [1.29, 1.82) is 0 Å². The lowest BCUT2D eigenvalue weighted by Crippen LogP contribution is -2.12. The summed E-state index contributed by atoms with van der Waals surface area (Å²) < 4.78 is 12.3. The van der Waals surface area contributed by atoms with E-state index in [0.29, 0.717) is 5.69 Å². The zero-order valence-electron chi connectivity index (χ0n) is 10.5. The fourth-order valence-electron chi connectivity index (χ4n) is 1.74. The minimum Gasteiger partial charge on any atom is -0.606 e. The zero-order valence-corrected chi connectivity index (χ0v) is 11.3. The molecular weight excluding hydrogens is 244 g/mol. The largest absolute Gasteiger partial charge is 0.606 e. The SMILES string of the molecule is CN(C)c1ccc([S+]([O-])c2ccccc2)cc1N. The number of rotatable bonds is 3. The van der Waals surface area contributed by atoms with Crippen molar-refractivity contribution >= 4 is 22.6 Å². The van der Waals surface area contributed by atoms with Gasteiger partial charge in [0.25, 0.3) is 0 Å². The van der Waals surface area contributed by atoms with Crippen LogP contribution in [0.1, 0.15) is 0 Å². The highest BCUT2D eigenvalue weighted by atomic mass is 32.2. The van der Waals surface area contributed by atoms with Crippen molar-refractivity contribution in [2.45, 2.75) is 9.79 Å². The summed E-state index contributed by atoms with van der Waals surface area (Å²) in [6, 6.07) is 14.9. The minimum atomic E-state index is -1.18. The molecule has 0 heterocycles. The molecule has 18 heavy (non-hydrogen) atoms. The van der Waals surface area contributed by atoms with E-state index < -0.39 is 11.2 Å². The first-order chi connectivity index (χ1) is 8.59. The number of hydrogen-bond donors (Lipinski definition) is 1. The highest BCUT2D eigenvalue weighted by molar-refractivity contribution is 7.91. The van der Waals surface area contributed by atoms with Crippen LogP contribution in [-0.2, 0) is 11.2 Å². The van der Waals surface area contributed by atoms with Gasteiger partial charge in [0.2, 0.25) is 0 Å². The van der Waals surface area contributed by atoms with Crippen LogP contribution in [0.15, 0.2) is 58.3 Å². The first-order valence-electron chi connectivity index (χ1n) is 5.63. The molecule has 2 aromatic carbocycles. The van der Waals surface area contributed by atoms with Crippen molar-refractivity contribution in [3.63, 3.8) is 0 Å². The van der Waals surface area contributed by atoms with E-state index in [9.17, 15) is 4.55 Å². The van der Waals surface area contributed by atoms with Gasteiger partial charge in [-0.15, -0.1) is 0 Å². The zero-order chi connectivity index (χ0) is 13.1. The van der Waals surface area contributed by atoms with Gasteiger partial charge in [0.15, 0.2) is 9.79 Å². The van der Waals surface area contributed by atoms with E-state index in [0.717, 1.165) is 15.5 Å². The summed E-state index contributed by atoms with van der Waals surface area (Å²) in [5, 5.41) is 0. The third kappa shape index (κ3) is 2.60. The second-order valence-corrected chi connectivity index (χ2v) is 5.68. The maximum absolute atomic E-state index is 12.3. The van der Waals surface area contributed by atoms with Crippen LogP contribution in [0.5, 0.6) is 0 Å². The first kappa shape index (κ1) is 12.8. The molecular formula is C14H16N2OS. The summed E-state index contributed by atoms with van der Waals surface area (Å²) >= 11 is -1.18. The van der Waals surface area contributed by atoms with Gasteiger partial charge in [0, 0.05) is 31.3 Å². The summed E-state index contributed by atoms with van der Waals surface area (Å²) in [5.74, 6) is 0. The molecule has 94 valence electrons. The molecule has 0 aromatic heterocycles. The van der Waals surface area contributed by atoms with E-state index in [1.165, 1.54) is 0 Å². The summed E-state index contributed by atoms with van der Waals surface area (Å²) in [6.07, 6.45) is 0. The predicted octanol–water partition coefficient (Wildman–Crippen LogP) is 2.50. The molecule has 0 amide bonds. The van der Waals surface area contributed by atoms with Crippen molar-refractivity contribution in [2.75, 3.05) is 24.7 Å². The molecule has 2 aromatic rings. The molecule has 2 rings (SSSR count). The standard InChI is InChI=1S/C14H16N2OS/c1-16(2)14-9-8-12(10-13(14)15)18(17)11-6-4-3-5-7-11/h3-10H,15H2,1-2H3. The second-order valence-electron chi connectivity index (χ2n) is 4.20. The third-order valence-electron chi connectivity index (χ3n) is 2.65. The lowest BCUT2D eigenvalue weighted by molar-refractivity contribution is 0.595. The van der Waals surface area contributed by atoms with Crippen LogP contribution in [0.25, 0.3) is 0 Å². The molecule has 1 unspecified atom stereocenters. The van der Waals surface area contributed by atoms with Crippen LogP contribution in [0.4, 0.5) is 11.4 Å². The second kappa shape index (κ2) is 5.33. The monoisotopic (exact) mass is 260 g/mol. The van der Waals surface area contributed by atoms with Gasteiger partial charge in [0.1, 0.15) is 0 Å². The van der Waals surface area contributed by atoms with Crippen molar-refractivity contribution in [3.05, 3.63) is 48.5 Å². The Labute approximate surface area is 110 Å². The molecule has 3 nitrogen and oxygen atoms in total. The molecule has 2 N–H and O–H groups in total. The van der Waals surface area contributed by atoms with Crippen molar-refractivity contribution in [3.8, 4) is 0 Å². The molecule has 0 saturated carbocycles. The van der Waals surface area contributed by atoms with Crippen LogP contribution < -0.4 is 10.6 Å². The average Bonchev–Trinajstić information content (AvgIpc) is 2.38. The molecule has 0 aliphatic carbocycles. The van der Waals surface area contributed by atoms with E-state index in [1.807, 2.05) is 61.5 Å². The van der Waals surface area contributed by atoms with Crippen LogP contribution in [0, 0.1) is 0 Å². The van der Waals surface area contributed by atoms with Gasteiger partial charge < -0.3 is 15.2 Å². The van der Waals surface area contributed by atoms with Gasteiger partial charge in [-0.05, 0) is 24.3 Å². The molecule has 0 aliphatic rings. The van der Waals surface area contributed by atoms with Crippen molar-refractivity contribution in [1.82, 2.24) is 0 Å². The quantitative estimate of drug-likeness (QED) is 0.681. The fourth-order valence-corrected chi connectivity index (χ4v) is 2.84. The summed E-state index contributed by atoms with van der Waals surface area (Å²) in [4.78, 5) is 3.45.